The van der Waals surface area contributed by atoms with Crippen molar-refractivity contribution in [1.29, 1.82) is 0 Å². The molecule has 20 heavy (non-hydrogen) atoms. The van der Waals surface area contributed by atoms with Crippen molar-refractivity contribution >= 4 is 10.9 Å². The van der Waals surface area contributed by atoms with Gasteiger partial charge in [0.05, 0.1) is 0 Å². The predicted molar refractivity (Wildman–Crippen MR) is 73.3 cm³/mol. The molecule has 3 rings (SSSR count). The average molecular weight is 275 g/mol. The molecule has 3 aromatic rings. The summed E-state index contributed by atoms with van der Waals surface area (Å²) >= 11 is 0. The highest BCUT2D eigenvalue weighted by Gasteiger charge is 2.12. The topological polar surface area (TPSA) is 4.93 Å². The van der Waals surface area contributed by atoms with E-state index in [1.807, 2.05) is 36.0 Å². The maximum atomic E-state index is 14.0. The van der Waals surface area contributed by atoms with Crippen LogP contribution in [0.5, 0.6) is 0 Å². The minimum absolute atomic E-state index is 0.299. The first kappa shape index (κ1) is 12.8. The number of hydrogen-bond acceptors (Lipinski definition) is 0. The second-order valence-electron chi connectivity index (χ2n) is 4.74. The Morgan fingerprint density at radius 1 is 1.00 bits per heavy atom. The summed E-state index contributed by atoms with van der Waals surface area (Å²) < 4.78 is 41.0. The minimum atomic E-state index is -2.66. The van der Waals surface area contributed by atoms with Crippen LogP contribution >= 0.6 is 0 Å². The summed E-state index contributed by atoms with van der Waals surface area (Å²) in [4.78, 5) is 0. The Balaban J connectivity index is 2.10. The molecule has 0 amide bonds. The van der Waals surface area contributed by atoms with Gasteiger partial charge in [-0.1, -0.05) is 18.2 Å². The van der Waals surface area contributed by atoms with Crippen molar-refractivity contribution in [2.24, 2.45) is 7.05 Å². The summed E-state index contributed by atoms with van der Waals surface area (Å²) in [5.74, 6) is -0.627. The summed E-state index contributed by atoms with van der Waals surface area (Å²) in [5, 5.41) is 0.988. The first-order valence-electron chi connectivity index (χ1n) is 6.19. The van der Waals surface area contributed by atoms with Gasteiger partial charge < -0.3 is 4.57 Å². The quantitative estimate of drug-likeness (QED) is 0.625. The van der Waals surface area contributed by atoms with Crippen molar-refractivity contribution in [1.82, 2.24) is 4.57 Å². The van der Waals surface area contributed by atoms with Gasteiger partial charge in [-0.25, -0.2) is 13.2 Å². The van der Waals surface area contributed by atoms with Gasteiger partial charge in [0.1, 0.15) is 5.82 Å². The molecule has 0 bridgehead atoms. The van der Waals surface area contributed by atoms with Crippen LogP contribution in [0.1, 0.15) is 12.0 Å². The van der Waals surface area contributed by atoms with Gasteiger partial charge >= 0.3 is 0 Å². The Morgan fingerprint density at radius 2 is 1.80 bits per heavy atom. The number of alkyl halides is 2. The highest BCUT2D eigenvalue weighted by atomic mass is 19.3. The maximum absolute atomic E-state index is 14.0. The number of nitrogens with zero attached hydrogens (tertiary/aromatic N) is 1. The third-order valence-corrected chi connectivity index (χ3v) is 3.44. The van der Waals surface area contributed by atoms with E-state index in [0.29, 0.717) is 11.1 Å². The number of rotatable bonds is 2. The van der Waals surface area contributed by atoms with Gasteiger partial charge in [-0.3, -0.25) is 0 Å². The highest BCUT2D eigenvalue weighted by molar-refractivity contribution is 5.85. The largest absolute Gasteiger partial charge is 0.351 e. The number of hydrogen-bond donors (Lipinski definition) is 0. The van der Waals surface area contributed by atoms with Crippen molar-refractivity contribution in [2.75, 3.05) is 0 Å². The molecular formula is C16H12F3N. The predicted octanol–water partition coefficient (Wildman–Crippen LogP) is 4.92. The van der Waals surface area contributed by atoms with Crippen molar-refractivity contribution < 1.29 is 13.2 Å². The fourth-order valence-electron chi connectivity index (χ4n) is 2.35. The molecule has 1 aromatic heterocycles. The molecule has 0 unspecified atom stereocenters. The van der Waals surface area contributed by atoms with Crippen molar-refractivity contribution in [2.45, 2.75) is 6.43 Å². The first-order valence-corrected chi connectivity index (χ1v) is 6.19. The summed E-state index contributed by atoms with van der Waals surface area (Å²) in [6.45, 7) is 0. The zero-order chi connectivity index (χ0) is 14.3. The average Bonchev–Trinajstić information content (AvgIpc) is 2.79. The van der Waals surface area contributed by atoms with Gasteiger partial charge in [0.2, 0.25) is 0 Å². The van der Waals surface area contributed by atoms with E-state index >= 15 is 0 Å². The molecule has 4 heteroatoms. The number of aromatic nitrogens is 1. The minimum Gasteiger partial charge on any atom is -0.351 e. The second-order valence-corrected chi connectivity index (χ2v) is 4.74. The van der Waals surface area contributed by atoms with Crippen LogP contribution in [0, 0.1) is 5.82 Å². The van der Waals surface area contributed by atoms with Gasteiger partial charge in [0.25, 0.3) is 6.43 Å². The fraction of sp³-hybridized carbons (Fsp3) is 0.125. The summed E-state index contributed by atoms with van der Waals surface area (Å²) in [7, 11) is 1.93. The number of aryl methyl sites for hydroxylation is 1. The van der Waals surface area contributed by atoms with Crippen molar-refractivity contribution in [3.8, 4) is 11.1 Å². The lowest BCUT2D eigenvalue weighted by molar-refractivity contribution is 0.151. The lowest BCUT2D eigenvalue weighted by Gasteiger charge is -2.07. The van der Waals surface area contributed by atoms with E-state index in [0.717, 1.165) is 17.0 Å². The van der Waals surface area contributed by atoms with Crippen LogP contribution in [-0.2, 0) is 7.05 Å². The van der Waals surface area contributed by atoms with Crippen LogP contribution in [0.15, 0.2) is 48.7 Å². The van der Waals surface area contributed by atoms with Crippen LogP contribution in [0.2, 0.25) is 0 Å². The standard InChI is InChI=1S/C16H12F3N/c1-20-7-6-11-8-10(3-5-15(11)20)13-4-2-12(16(18)19)9-14(13)17/h2-9,16H,1H3. The SMILES string of the molecule is Cn1ccc2cc(-c3ccc(C(F)F)cc3F)ccc21. The van der Waals surface area contributed by atoms with Crippen molar-refractivity contribution in [3.05, 3.63) is 60.0 Å². The molecule has 0 aliphatic heterocycles. The zero-order valence-corrected chi connectivity index (χ0v) is 10.8. The lowest BCUT2D eigenvalue weighted by atomic mass is 10.0. The Hall–Kier alpha value is -2.23. The third kappa shape index (κ3) is 2.07. The van der Waals surface area contributed by atoms with E-state index in [2.05, 4.69) is 0 Å². The van der Waals surface area contributed by atoms with Crippen LogP contribution < -0.4 is 0 Å². The van der Waals surface area contributed by atoms with Gasteiger partial charge in [-0.15, -0.1) is 0 Å². The van der Waals surface area contributed by atoms with Gasteiger partial charge in [0, 0.05) is 35.3 Å². The Labute approximate surface area is 114 Å². The Bertz CT molecular complexity index is 774. The zero-order valence-electron chi connectivity index (χ0n) is 10.8. The second kappa shape index (κ2) is 4.71. The summed E-state index contributed by atoms with van der Waals surface area (Å²) in [6, 6.07) is 11.0. The molecular weight excluding hydrogens is 263 g/mol. The van der Waals surface area contributed by atoms with Crippen LogP contribution in [-0.4, -0.2) is 4.57 Å². The number of halogens is 3. The molecule has 1 nitrogen and oxygen atoms in total. The van der Waals surface area contributed by atoms with E-state index in [-0.39, 0.29) is 5.56 Å². The Kier molecular flexibility index (Phi) is 3.01. The highest BCUT2D eigenvalue weighted by Crippen LogP contribution is 2.29. The maximum Gasteiger partial charge on any atom is 0.263 e. The molecule has 0 fully saturated rings. The molecule has 0 aliphatic carbocycles. The number of benzene rings is 2. The fourth-order valence-corrected chi connectivity index (χ4v) is 2.35. The molecule has 0 radical (unpaired) electrons. The third-order valence-electron chi connectivity index (χ3n) is 3.44. The van der Waals surface area contributed by atoms with Gasteiger partial charge in [0.15, 0.2) is 0 Å². The summed E-state index contributed by atoms with van der Waals surface area (Å²) in [5.41, 5.74) is 1.76. The molecule has 0 saturated carbocycles. The van der Waals surface area contributed by atoms with E-state index in [1.165, 1.54) is 12.1 Å². The first-order chi connectivity index (χ1) is 9.56. The van der Waals surface area contributed by atoms with Crippen molar-refractivity contribution in [3.63, 3.8) is 0 Å². The molecule has 0 spiro atoms. The molecule has 102 valence electrons. The Morgan fingerprint density at radius 3 is 2.50 bits per heavy atom. The van der Waals surface area contributed by atoms with Gasteiger partial charge in [-0.05, 0) is 29.8 Å². The summed E-state index contributed by atoms with van der Waals surface area (Å²) in [6.07, 6.45) is -0.736. The number of fused-ring (bicyclic) bond motifs is 1. The molecule has 0 atom stereocenters. The monoisotopic (exact) mass is 275 g/mol. The molecule has 0 N–H and O–H groups in total. The molecule has 0 saturated heterocycles. The van der Waals surface area contributed by atoms with E-state index < -0.39 is 12.2 Å². The molecule has 2 aromatic carbocycles. The van der Waals surface area contributed by atoms with Crippen LogP contribution in [0.4, 0.5) is 13.2 Å². The van der Waals surface area contributed by atoms with E-state index in [1.54, 1.807) is 6.07 Å². The molecule has 1 heterocycles. The van der Waals surface area contributed by atoms with Gasteiger partial charge in [-0.2, -0.15) is 0 Å². The lowest BCUT2D eigenvalue weighted by Crippen LogP contribution is -1.90. The van der Waals surface area contributed by atoms with Crippen LogP contribution in [0.3, 0.4) is 0 Å². The smallest absolute Gasteiger partial charge is 0.263 e. The molecule has 0 aliphatic rings. The van der Waals surface area contributed by atoms with Crippen LogP contribution in [0.25, 0.3) is 22.0 Å². The van der Waals surface area contributed by atoms with E-state index in [4.69, 9.17) is 0 Å². The van der Waals surface area contributed by atoms with E-state index in [9.17, 15) is 13.2 Å². The normalized spacial score (nSPS) is 11.4.